The Morgan fingerprint density at radius 1 is 1.10 bits per heavy atom. The minimum Gasteiger partial charge on any atom is -0.381 e. The molecule has 0 radical (unpaired) electrons. The van der Waals surface area contributed by atoms with Crippen molar-refractivity contribution in [3.8, 4) is 0 Å². The second-order valence-electron chi connectivity index (χ2n) is 4.76. The molecule has 1 N–H and O–H groups in total. The van der Waals surface area contributed by atoms with Crippen molar-refractivity contribution >= 4 is 21.6 Å². The maximum Gasteiger partial charge on any atom is 0.0713 e. The van der Waals surface area contributed by atoms with Crippen LogP contribution in [0.5, 0.6) is 0 Å². The molecule has 106 valence electrons. The van der Waals surface area contributed by atoms with Gasteiger partial charge < -0.3 is 10.1 Å². The fourth-order valence-electron chi connectivity index (χ4n) is 2.22. The lowest BCUT2D eigenvalue weighted by Crippen LogP contribution is -2.02. The Hall–Kier alpha value is -1.32. The van der Waals surface area contributed by atoms with Gasteiger partial charge in [0.1, 0.15) is 0 Å². The Morgan fingerprint density at radius 2 is 1.90 bits per heavy atom. The van der Waals surface area contributed by atoms with Crippen LogP contribution in [0.3, 0.4) is 0 Å². The molecule has 3 heteroatoms. The lowest BCUT2D eigenvalue weighted by molar-refractivity contribution is 0.185. The second-order valence-corrected chi connectivity index (χ2v) is 5.68. The maximum absolute atomic E-state index is 5.17. The van der Waals surface area contributed by atoms with Gasteiger partial charge in [-0.2, -0.15) is 0 Å². The molecule has 2 aromatic carbocycles. The van der Waals surface area contributed by atoms with Crippen LogP contribution in [-0.2, 0) is 24.3 Å². The summed E-state index contributed by atoms with van der Waals surface area (Å²) in [6.07, 6.45) is 1.02. The van der Waals surface area contributed by atoms with E-state index < -0.39 is 0 Å². The predicted octanol–water partition coefficient (Wildman–Crippen LogP) is 4.77. The summed E-state index contributed by atoms with van der Waals surface area (Å²) in [7, 11) is 1.72. The Balaban J connectivity index is 2.06. The number of rotatable bonds is 6. The third-order valence-electron chi connectivity index (χ3n) is 3.23. The van der Waals surface area contributed by atoms with Crippen LogP contribution in [0.15, 0.2) is 46.9 Å². The molecule has 0 aliphatic carbocycles. The molecule has 0 unspecified atom stereocenters. The van der Waals surface area contributed by atoms with Crippen LogP contribution in [0.4, 0.5) is 5.69 Å². The summed E-state index contributed by atoms with van der Waals surface area (Å²) in [5, 5.41) is 3.52. The quantitative estimate of drug-likeness (QED) is 0.822. The van der Waals surface area contributed by atoms with Crippen LogP contribution in [0, 0.1) is 0 Å². The summed E-state index contributed by atoms with van der Waals surface area (Å²) in [5.41, 5.74) is 5.00. The van der Waals surface area contributed by atoms with Gasteiger partial charge in [-0.25, -0.2) is 0 Å². The van der Waals surface area contributed by atoms with E-state index in [0.29, 0.717) is 6.61 Å². The summed E-state index contributed by atoms with van der Waals surface area (Å²) < 4.78 is 6.30. The van der Waals surface area contributed by atoms with Gasteiger partial charge in [-0.05, 0) is 41.3 Å². The first kappa shape index (κ1) is 15.1. The van der Waals surface area contributed by atoms with E-state index in [0.717, 1.165) is 17.4 Å². The molecule has 0 spiro atoms. The number of anilines is 1. The Morgan fingerprint density at radius 3 is 2.65 bits per heavy atom. The molecule has 2 rings (SSSR count). The van der Waals surface area contributed by atoms with E-state index in [-0.39, 0.29) is 0 Å². The van der Waals surface area contributed by atoms with Crippen molar-refractivity contribution in [3.05, 3.63) is 63.6 Å². The second kappa shape index (κ2) is 7.46. The molecular weight excluding hydrogens is 314 g/mol. The van der Waals surface area contributed by atoms with Crippen molar-refractivity contribution in [2.45, 2.75) is 26.5 Å². The third-order valence-corrected chi connectivity index (χ3v) is 3.73. The summed E-state index contributed by atoms with van der Waals surface area (Å²) in [6.45, 7) is 3.66. The highest BCUT2D eigenvalue weighted by Crippen LogP contribution is 2.22. The van der Waals surface area contributed by atoms with Gasteiger partial charge in [0.05, 0.1) is 6.61 Å². The summed E-state index contributed by atoms with van der Waals surface area (Å²) in [6, 6.07) is 14.9. The van der Waals surface area contributed by atoms with Crippen LogP contribution < -0.4 is 5.32 Å². The van der Waals surface area contributed by atoms with E-state index in [9.17, 15) is 0 Å². The first-order valence-electron chi connectivity index (χ1n) is 6.82. The molecule has 0 heterocycles. The minimum absolute atomic E-state index is 0.659. The molecule has 2 aromatic rings. The number of methoxy groups -OCH3 is 1. The monoisotopic (exact) mass is 333 g/mol. The average Bonchev–Trinajstić information content (AvgIpc) is 2.46. The van der Waals surface area contributed by atoms with E-state index in [1.54, 1.807) is 7.11 Å². The zero-order valence-corrected chi connectivity index (χ0v) is 13.5. The van der Waals surface area contributed by atoms with Crippen molar-refractivity contribution in [1.82, 2.24) is 0 Å². The van der Waals surface area contributed by atoms with Crippen molar-refractivity contribution in [3.63, 3.8) is 0 Å². The summed E-state index contributed by atoms with van der Waals surface area (Å²) in [5.74, 6) is 0. The third kappa shape index (κ3) is 4.09. The molecule has 0 amide bonds. The van der Waals surface area contributed by atoms with Gasteiger partial charge in [-0.3, -0.25) is 0 Å². The van der Waals surface area contributed by atoms with Crippen molar-refractivity contribution < 1.29 is 4.74 Å². The van der Waals surface area contributed by atoms with Gasteiger partial charge in [0.2, 0.25) is 0 Å². The number of halogens is 1. The molecule has 0 bridgehead atoms. The van der Waals surface area contributed by atoms with Crippen molar-refractivity contribution in [1.29, 1.82) is 0 Å². The standard InChI is InChI=1S/C17H20BrNO/c1-3-15-10-16(18)7-8-17(15)19-11-13-5-4-6-14(9-13)12-20-2/h4-10,19H,3,11-12H2,1-2H3. The lowest BCUT2D eigenvalue weighted by Gasteiger charge is -2.12. The highest BCUT2D eigenvalue weighted by Gasteiger charge is 2.02. The van der Waals surface area contributed by atoms with Gasteiger partial charge in [0, 0.05) is 23.8 Å². The topological polar surface area (TPSA) is 21.3 Å². The van der Waals surface area contributed by atoms with Gasteiger partial charge in [0.25, 0.3) is 0 Å². The van der Waals surface area contributed by atoms with Crippen molar-refractivity contribution in [2.24, 2.45) is 0 Å². The average molecular weight is 334 g/mol. The number of aryl methyl sites for hydroxylation is 1. The molecule has 0 aliphatic rings. The minimum atomic E-state index is 0.659. The van der Waals surface area contributed by atoms with E-state index in [1.165, 1.54) is 22.4 Å². The molecule has 0 atom stereocenters. The van der Waals surface area contributed by atoms with Gasteiger partial charge in [-0.1, -0.05) is 47.1 Å². The van der Waals surface area contributed by atoms with Crippen LogP contribution in [0.2, 0.25) is 0 Å². The molecule has 20 heavy (non-hydrogen) atoms. The van der Waals surface area contributed by atoms with Crippen LogP contribution in [-0.4, -0.2) is 7.11 Å². The summed E-state index contributed by atoms with van der Waals surface area (Å²) >= 11 is 3.52. The Kier molecular flexibility index (Phi) is 5.62. The van der Waals surface area contributed by atoms with E-state index in [2.05, 4.69) is 70.6 Å². The largest absolute Gasteiger partial charge is 0.381 e. The zero-order valence-electron chi connectivity index (χ0n) is 11.9. The number of ether oxygens (including phenoxy) is 1. The molecule has 0 fully saturated rings. The highest BCUT2D eigenvalue weighted by molar-refractivity contribution is 9.10. The number of hydrogen-bond acceptors (Lipinski definition) is 2. The first-order chi connectivity index (χ1) is 9.72. The van der Waals surface area contributed by atoms with Crippen LogP contribution in [0.1, 0.15) is 23.6 Å². The Labute approximate surface area is 129 Å². The molecule has 0 aliphatic heterocycles. The SMILES string of the molecule is CCc1cc(Br)ccc1NCc1cccc(COC)c1. The molecule has 2 nitrogen and oxygen atoms in total. The fraction of sp³-hybridized carbons (Fsp3) is 0.294. The van der Waals surface area contributed by atoms with Gasteiger partial charge in [0.15, 0.2) is 0 Å². The first-order valence-corrected chi connectivity index (χ1v) is 7.61. The number of hydrogen-bond donors (Lipinski definition) is 1. The molecule has 0 aromatic heterocycles. The van der Waals surface area contributed by atoms with Crippen LogP contribution >= 0.6 is 15.9 Å². The van der Waals surface area contributed by atoms with E-state index in [4.69, 9.17) is 4.74 Å². The maximum atomic E-state index is 5.17. The zero-order chi connectivity index (χ0) is 14.4. The lowest BCUT2D eigenvalue weighted by atomic mass is 10.1. The highest BCUT2D eigenvalue weighted by atomic mass is 79.9. The molecular formula is C17H20BrNO. The summed E-state index contributed by atoms with van der Waals surface area (Å²) in [4.78, 5) is 0. The van der Waals surface area contributed by atoms with Crippen molar-refractivity contribution in [2.75, 3.05) is 12.4 Å². The van der Waals surface area contributed by atoms with E-state index >= 15 is 0 Å². The number of nitrogens with one attached hydrogen (secondary N) is 1. The predicted molar refractivity (Wildman–Crippen MR) is 88.0 cm³/mol. The normalized spacial score (nSPS) is 10.6. The van der Waals surface area contributed by atoms with E-state index in [1.807, 2.05) is 0 Å². The number of benzene rings is 2. The van der Waals surface area contributed by atoms with Gasteiger partial charge in [-0.15, -0.1) is 0 Å². The molecule has 0 saturated heterocycles. The van der Waals surface area contributed by atoms with Gasteiger partial charge >= 0.3 is 0 Å². The molecule has 0 saturated carbocycles. The van der Waals surface area contributed by atoms with Crippen LogP contribution in [0.25, 0.3) is 0 Å². The Bertz CT molecular complexity index is 569. The fourth-order valence-corrected chi connectivity index (χ4v) is 2.63. The smallest absolute Gasteiger partial charge is 0.0713 e.